The van der Waals surface area contributed by atoms with E-state index in [1.807, 2.05) is 6.20 Å². The van der Waals surface area contributed by atoms with Crippen LogP contribution >= 0.6 is 0 Å². The van der Waals surface area contributed by atoms with Gasteiger partial charge in [-0.25, -0.2) is 4.98 Å². The summed E-state index contributed by atoms with van der Waals surface area (Å²) in [6.45, 7) is 20.1. The molecule has 7 aromatic rings. The van der Waals surface area contributed by atoms with Gasteiger partial charge in [0, 0.05) is 35.8 Å². The molecule has 1 aromatic heterocycles. The fourth-order valence-corrected chi connectivity index (χ4v) is 8.79. The van der Waals surface area contributed by atoms with E-state index in [0.29, 0.717) is 23.7 Å². The minimum Gasteiger partial charge on any atom is -0.324 e. The Morgan fingerprint density at radius 2 is 0.932 bits per heavy atom. The van der Waals surface area contributed by atoms with Gasteiger partial charge in [0.1, 0.15) is 11.7 Å². The standard InChI is InChI=1S/C55H58N4/c1-36(2)48-32-46(42-19-11-9-12-20-42)33-49(37(3)4)52(48)58-27-25-56-54(58)44-23-15-17-40(30-44)29-41-18-16-24-45(31-41)55-57-26-28-59(55)53-50(38(5)6)34-47(35-51(53)39(7)8)43-21-13-10-14-22-43/h9-25,27,30-39H,26,28-29H2,1-8H3. The molecule has 0 unspecified atom stereocenters. The number of aliphatic imine (C=N–C) groups is 1. The first kappa shape index (κ1) is 39.8. The maximum Gasteiger partial charge on any atom is 0.144 e. The van der Waals surface area contributed by atoms with Crippen LogP contribution in [0.25, 0.3) is 39.3 Å². The van der Waals surface area contributed by atoms with E-state index < -0.39 is 0 Å². The summed E-state index contributed by atoms with van der Waals surface area (Å²) < 4.78 is 2.33. The van der Waals surface area contributed by atoms with Crippen molar-refractivity contribution in [2.24, 2.45) is 4.99 Å². The predicted molar refractivity (Wildman–Crippen MR) is 251 cm³/mol. The van der Waals surface area contributed by atoms with Gasteiger partial charge >= 0.3 is 0 Å². The number of anilines is 1. The van der Waals surface area contributed by atoms with Crippen LogP contribution in [0.1, 0.15) is 118 Å². The minimum absolute atomic E-state index is 0.336. The number of hydrogen-bond acceptors (Lipinski definition) is 3. The molecule has 1 aliphatic heterocycles. The highest BCUT2D eigenvalue weighted by Crippen LogP contribution is 2.42. The average Bonchev–Trinajstić information content (AvgIpc) is 3.94. The fraction of sp³-hybridized carbons (Fsp3) is 0.273. The molecule has 0 bridgehead atoms. The molecule has 8 rings (SSSR count). The molecule has 1 aliphatic rings. The lowest BCUT2D eigenvalue weighted by molar-refractivity contribution is 0.807. The van der Waals surface area contributed by atoms with E-state index in [1.165, 1.54) is 72.6 Å². The molecule has 0 saturated heterocycles. The quantitative estimate of drug-likeness (QED) is 0.124. The van der Waals surface area contributed by atoms with E-state index in [2.05, 4.69) is 205 Å². The molecule has 298 valence electrons. The van der Waals surface area contributed by atoms with Gasteiger partial charge in [-0.1, -0.05) is 152 Å². The summed E-state index contributed by atoms with van der Waals surface area (Å²) in [6, 6.07) is 49.1. The van der Waals surface area contributed by atoms with Gasteiger partial charge in [-0.2, -0.15) is 0 Å². The first-order chi connectivity index (χ1) is 28.6. The number of rotatable bonds is 12. The van der Waals surface area contributed by atoms with Crippen molar-refractivity contribution in [3.05, 3.63) is 185 Å². The predicted octanol–water partition coefficient (Wildman–Crippen LogP) is 14.2. The zero-order valence-corrected chi connectivity index (χ0v) is 36.1. The molecule has 0 spiro atoms. The number of imidazole rings is 1. The first-order valence-electron chi connectivity index (χ1n) is 21.6. The number of aromatic nitrogens is 2. The van der Waals surface area contributed by atoms with Crippen molar-refractivity contribution < 1.29 is 0 Å². The van der Waals surface area contributed by atoms with Crippen LogP contribution in [0.3, 0.4) is 0 Å². The molecule has 2 heterocycles. The van der Waals surface area contributed by atoms with Crippen LogP contribution in [0.5, 0.6) is 0 Å². The Bertz CT molecular complexity index is 2530. The summed E-state index contributed by atoms with van der Waals surface area (Å²) in [6.07, 6.45) is 4.90. The van der Waals surface area contributed by atoms with E-state index in [1.54, 1.807) is 0 Å². The normalized spacial score (nSPS) is 13.0. The Balaban J connectivity index is 1.11. The van der Waals surface area contributed by atoms with Crippen molar-refractivity contribution in [3.63, 3.8) is 0 Å². The Labute approximate surface area is 352 Å². The van der Waals surface area contributed by atoms with Crippen LogP contribution in [0, 0.1) is 0 Å². The van der Waals surface area contributed by atoms with Crippen molar-refractivity contribution >= 4 is 11.5 Å². The van der Waals surface area contributed by atoms with E-state index in [9.17, 15) is 0 Å². The molecule has 0 radical (unpaired) electrons. The first-order valence-corrected chi connectivity index (χ1v) is 21.6. The number of hydrogen-bond donors (Lipinski definition) is 0. The SMILES string of the molecule is CC(C)c1cc(-c2ccccc2)cc(C(C)C)c1N1CCN=C1c1cccc(Cc2cccc(-c3nccn3-c3c(C(C)C)cc(-c4ccccc4)cc3C(C)C)c2)c1. The molecule has 0 amide bonds. The third kappa shape index (κ3) is 8.19. The molecular formula is C55H58N4. The molecule has 0 saturated carbocycles. The molecular weight excluding hydrogens is 717 g/mol. The van der Waals surface area contributed by atoms with Gasteiger partial charge in [0.05, 0.1) is 12.2 Å². The maximum atomic E-state index is 5.17. The van der Waals surface area contributed by atoms with Gasteiger partial charge < -0.3 is 4.90 Å². The summed E-state index contributed by atoms with van der Waals surface area (Å²) in [4.78, 5) is 12.7. The maximum absolute atomic E-state index is 5.17. The molecule has 0 atom stereocenters. The Morgan fingerprint density at radius 3 is 1.44 bits per heavy atom. The second-order valence-electron chi connectivity index (χ2n) is 17.4. The monoisotopic (exact) mass is 774 g/mol. The summed E-state index contributed by atoms with van der Waals surface area (Å²) in [5.41, 5.74) is 17.9. The van der Waals surface area contributed by atoms with Crippen LogP contribution in [0.15, 0.2) is 151 Å². The molecule has 0 N–H and O–H groups in total. The second kappa shape index (κ2) is 17.1. The van der Waals surface area contributed by atoms with Gasteiger partial charge in [0.2, 0.25) is 0 Å². The largest absolute Gasteiger partial charge is 0.324 e. The van der Waals surface area contributed by atoms with Gasteiger partial charge in [0.25, 0.3) is 0 Å². The number of amidine groups is 1. The molecule has 4 nitrogen and oxygen atoms in total. The summed E-state index contributed by atoms with van der Waals surface area (Å²) in [5, 5.41) is 0. The van der Waals surface area contributed by atoms with E-state index in [0.717, 1.165) is 36.7 Å². The minimum atomic E-state index is 0.336. The van der Waals surface area contributed by atoms with Crippen molar-refractivity contribution in [2.45, 2.75) is 85.5 Å². The number of benzene rings is 6. The van der Waals surface area contributed by atoms with Gasteiger partial charge in [-0.3, -0.25) is 9.56 Å². The zero-order valence-electron chi connectivity index (χ0n) is 36.1. The van der Waals surface area contributed by atoms with Crippen LogP contribution in [0.4, 0.5) is 5.69 Å². The summed E-state index contributed by atoms with van der Waals surface area (Å²) in [5.74, 6) is 3.44. The lowest BCUT2D eigenvalue weighted by Gasteiger charge is -2.30. The average molecular weight is 775 g/mol. The number of nitrogens with zero attached hydrogens (tertiary/aromatic N) is 4. The zero-order chi connectivity index (χ0) is 41.2. The van der Waals surface area contributed by atoms with Crippen molar-refractivity contribution in [2.75, 3.05) is 18.0 Å². The Hall–Kier alpha value is -6.00. The third-order valence-corrected chi connectivity index (χ3v) is 11.8. The Morgan fingerprint density at radius 1 is 0.475 bits per heavy atom. The van der Waals surface area contributed by atoms with Gasteiger partial charge in [0.15, 0.2) is 0 Å². The molecule has 0 fully saturated rings. The van der Waals surface area contributed by atoms with E-state index in [4.69, 9.17) is 9.98 Å². The van der Waals surface area contributed by atoms with Crippen molar-refractivity contribution in [1.29, 1.82) is 0 Å². The van der Waals surface area contributed by atoms with Crippen molar-refractivity contribution in [3.8, 4) is 39.3 Å². The van der Waals surface area contributed by atoms with Crippen molar-refractivity contribution in [1.82, 2.24) is 9.55 Å². The van der Waals surface area contributed by atoms with E-state index in [-0.39, 0.29) is 0 Å². The lowest BCUT2D eigenvalue weighted by atomic mass is 9.87. The Kier molecular flexibility index (Phi) is 11.5. The topological polar surface area (TPSA) is 33.4 Å². The molecule has 4 heteroatoms. The van der Waals surface area contributed by atoms with E-state index >= 15 is 0 Å². The third-order valence-electron chi connectivity index (χ3n) is 11.8. The van der Waals surface area contributed by atoms with Crippen LogP contribution in [-0.4, -0.2) is 28.5 Å². The summed E-state index contributed by atoms with van der Waals surface area (Å²) in [7, 11) is 0. The lowest BCUT2D eigenvalue weighted by Crippen LogP contribution is -2.30. The van der Waals surface area contributed by atoms with Gasteiger partial charge in [-0.15, -0.1) is 0 Å². The van der Waals surface area contributed by atoms with Crippen LogP contribution in [0.2, 0.25) is 0 Å². The van der Waals surface area contributed by atoms with Crippen LogP contribution < -0.4 is 4.90 Å². The molecule has 6 aromatic carbocycles. The second-order valence-corrected chi connectivity index (χ2v) is 17.4. The highest BCUT2D eigenvalue weighted by atomic mass is 15.2. The highest BCUT2D eigenvalue weighted by Gasteiger charge is 2.28. The molecule has 59 heavy (non-hydrogen) atoms. The van der Waals surface area contributed by atoms with Crippen LogP contribution in [-0.2, 0) is 6.42 Å². The van der Waals surface area contributed by atoms with Gasteiger partial charge in [-0.05, 0) is 122 Å². The fourth-order valence-electron chi connectivity index (χ4n) is 8.79. The summed E-state index contributed by atoms with van der Waals surface area (Å²) >= 11 is 0. The highest BCUT2D eigenvalue weighted by molar-refractivity contribution is 6.12. The smallest absolute Gasteiger partial charge is 0.144 e. The molecule has 0 aliphatic carbocycles.